The van der Waals surface area contributed by atoms with E-state index < -0.39 is 5.60 Å². The Balaban J connectivity index is 2.22. The lowest BCUT2D eigenvalue weighted by Gasteiger charge is -2.31. The quantitative estimate of drug-likeness (QED) is 0.643. The first-order valence-electron chi connectivity index (χ1n) is 8.83. The first-order chi connectivity index (χ1) is 11.9. The predicted octanol–water partition coefficient (Wildman–Crippen LogP) is 1.58. The molecule has 2 heterocycles. The molecule has 0 unspecified atom stereocenters. The Hall–Kier alpha value is -2.06. The van der Waals surface area contributed by atoms with Gasteiger partial charge in [0.15, 0.2) is 5.75 Å². The summed E-state index contributed by atoms with van der Waals surface area (Å²) in [6.45, 7) is 11.3. The number of pyridine rings is 1. The van der Waals surface area contributed by atoms with Gasteiger partial charge < -0.3 is 25.5 Å². The van der Waals surface area contributed by atoms with Gasteiger partial charge in [0.1, 0.15) is 16.9 Å². The number of anilines is 1. The molecule has 0 fully saturated rings. The van der Waals surface area contributed by atoms with Gasteiger partial charge in [0.2, 0.25) is 0 Å². The molecule has 2 aromatic heterocycles. The van der Waals surface area contributed by atoms with Crippen molar-refractivity contribution in [1.29, 1.82) is 0 Å². The maximum absolute atomic E-state index is 12.3. The molecule has 0 aliphatic carbocycles. The summed E-state index contributed by atoms with van der Waals surface area (Å²) in [5.74, 6) is 0.710. The van der Waals surface area contributed by atoms with Crippen LogP contribution < -0.4 is 16.2 Å². The molecule has 0 bridgehead atoms. The summed E-state index contributed by atoms with van der Waals surface area (Å²) >= 11 is 0. The van der Waals surface area contributed by atoms with Crippen LogP contribution in [-0.2, 0) is 6.54 Å². The Morgan fingerprint density at radius 3 is 2.58 bits per heavy atom. The fourth-order valence-corrected chi connectivity index (χ4v) is 2.63. The number of aromatic amines is 1. The summed E-state index contributed by atoms with van der Waals surface area (Å²) in [7, 11) is 2.08. The lowest BCUT2D eigenvalue weighted by molar-refractivity contribution is 0.0616. The van der Waals surface area contributed by atoms with Gasteiger partial charge in [-0.1, -0.05) is 0 Å². The minimum atomic E-state index is -1.05. The van der Waals surface area contributed by atoms with E-state index in [1.807, 2.05) is 0 Å². The zero-order chi connectivity index (χ0) is 19.7. The molecule has 8 nitrogen and oxygen atoms in total. The smallest absolute Gasteiger partial charge is 0.326 e. The highest BCUT2D eigenvalue weighted by Crippen LogP contribution is 2.27. The summed E-state index contributed by atoms with van der Waals surface area (Å²) in [5, 5.41) is 10.1. The van der Waals surface area contributed by atoms with Crippen molar-refractivity contribution in [1.82, 2.24) is 19.4 Å². The highest BCUT2D eigenvalue weighted by molar-refractivity contribution is 5.89. The van der Waals surface area contributed by atoms with Crippen molar-refractivity contribution in [3.05, 3.63) is 16.7 Å². The number of ether oxygens (including phenoxy) is 1. The summed E-state index contributed by atoms with van der Waals surface area (Å²) in [4.78, 5) is 21.4. The second-order valence-corrected chi connectivity index (χ2v) is 8.35. The Labute approximate surface area is 154 Å². The molecule has 0 aromatic carbocycles. The van der Waals surface area contributed by atoms with Crippen LogP contribution >= 0.6 is 0 Å². The summed E-state index contributed by atoms with van der Waals surface area (Å²) in [6, 6.07) is 0. The number of hydrogen-bond donors (Lipinski definition) is 3. The van der Waals surface area contributed by atoms with E-state index in [2.05, 4.69) is 42.7 Å². The van der Waals surface area contributed by atoms with Gasteiger partial charge in [0, 0.05) is 12.1 Å². The average molecular weight is 365 g/mol. The number of H-pyrrole nitrogens is 1. The average Bonchev–Trinajstić information content (AvgIpc) is 2.81. The normalized spacial score (nSPS) is 12.9. The summed E-state index contributed by atoms with van der Waals surface area (Å²) in [6.07, 6.45) is 2.36. The molecular weight excluding hydrogens is 334 g/mol. The van der Waals surface area contributed by atoms with Gasteiger partial charge in [-0.25, -0.2) is 9.78 Å². The lowest BCUT2D eigenvalue weighted by atomic mass is 10.1. The van der Waals surface area contributed by atoms with Crippen molar-refractivity contribution >= 4 is 16.9 Å². The molecule has 0 aliphatic rings. The first kappa shape index (κ1) is 20.3. The standard InChI is InChI=1S/C18H31N5O3/c1-17(2,3)22(6)8-7-9-26-12-10-20-15(19)13-14(12)23(16(24)21-13)11-18(4,5)25/h10,25H,7-9,11H2,1-6H3,(H2,19,20)(H,21,24). The van der Waals surface area contributed by atoms with Crippen LogP contribution in [-0.4, -0.2) is 55.9 Å². The monoisotopic (exact) mass is 365 g/mol. The second-order valence-electron chi connectivity index (χ2n) is 8.35. The van der Waals surface area contributed by atoms with Crippen LogP contribution in [0.3, 0.4) is 0 Å². The molecule has 2 aromatic rings. The molecule has 8 heteroatoms. The van der Waals surface area contributed by atoms with Crippen molar-refractivity contribution in [2.24, 2.45) is 0 Å². The Bertz CT molecular complexity index is 811. The third-order valence-electron chi connectivity index (χ3n) is 4.38. The van der Waals surface area contributed by atoms with Gasteiger partial charge in [-0.15, -0.1) is 0 Å². The van der Waals surface area contributed by atoms with Gasteiger partial charge in [0.25, 0.3) is 0 Å². The highest BCUT2D eigenvalue weighted by Gasteiger charge is 2.22. The third-order valence-corrected chi connectivity index (χ3v) is 4.38. The van der Waals surface area contributed by atoms with E-state index in [0.717, 1.165) is 13.0 Å². The van der Waals surface area contributed by atoms with Crippen LogP contribution in [0, 0.1) is 0 Å². The Morgan fingerprint density at radius 2 is 2.00 bits per heavy atom. The van der Waals surface area contributed by atoms with Gasteiger partial charge in [-0.2, -0.15) is 0 Å². The van der Waals surface area contributed by atoms with Gasteiger partial charge >= 0.3 is 5.69 Å². The number of imidazole rings is 1. The number of rotatable bonds is 7. The fourth-order valence-electron chi connectivity index (χ4n) is 2.63. The van der Waals surface area contributed by atoms with Crippen LogP contribution in [0.1, 0.15) is 41.0 Å². The SMILES string of the molecule is CN(CCCOc1cnc(N)c2[nH]c(=O)n(CC(C)(C)O)c12)C(C)(C)C. The molecule has 146 valence electrons. The number of hydrogen-bond acceptors (Lipinski definition) is 6. The molecule has 0 spiro atoms. The van der Waals surface area contributed by atoms with Crippen molar-refractivity contribution < 1.29 is 9.84 Å². The van der Waals surface area contributed by atoms with Crippen LogP contribution in [0.5, 0.6) is 5.75 Å². The summed E-state index contributed by atoms with van der Waals surface area (Å²) in [5.41, 5.74) is 5.57. The second kappa shape index (κ2) is 7.28. The predicted molar refractivity (Wildman–Crippen MR) is 104 cm³/mol. The third kappa shape index (κ3) is 4.76. The molecule has 26 heavy (non-hydrogen) atoms. The van der Waals surface area contributed by atoms with Crippen LogP contribution in [0.15, 0.2) is 11.0 Å². The van der Waals surface area contributed by atoms with E-state index in [0.29, 0.717) is 23.4 Å². The molecule has 0 saturated carbocycles. The molecule has 4 N–H and O–H groups in total. The fraction of sp³-hybridized carbons (Fsp3) is 0.667. The van der Waals surface area contributed by atoms with Gasteiger partial charge in [-0.3, -0.25) is 4.57 Å². The van der Waals surface area contributed by atoms with E-state index in [4.69, 9.17) is 10.5 Å². The van der Waals surface area contributed by atoms with Crippen molar-refractivity contribution in [2.45, 2.75) is 58.7 Å². The lowest BCUT2D eigenvalue weighted by Crippen LogP contribution is -2.39. The van der Waals surface area contributed by atoms with E-state index >= 15 is 0 Å². The maximum Gasteiger partial charge on any atom is 0.326 e. The number of nitrogens with zero attached hydrogens (tertiary/aromatic N) is 3. The van der Waals surface area contributed by atoms with Crippen LogP contribution in [0.25, 0.3) is 11.0 Å². The zero-order valence-electron chi connectivity index (χ0n) is 16.6. The summed E-state index contributed by atoms with van der Waals surface area (Å²) < 4.78 is 7.35. The van der Waals surface area contributed by atoms with Gasteiger partial charge in [0.05, 0.1) is 24.9 Å². The first-order valence-corrected chi connectivity index (χ1v) is 8.83. The number of nitrogens with two attached hydrogens (primary N) is 1. The van der Waals surface area contributed by atoms with E-state index in [1.54, 1.807) is 13.8 Å². The van der Waals surface area contributed by atoms with Gasteiger partial charge in [-0.05, 0) is 48.1 Å². The number of aliphatic hydroxyl groups is 1. The van der Waals surface area contributed by atoms with Crippen LogP contribution in [0.4, 0.5) is 5.82 Å². The Morgan fingerprint density at radius 1 is 1.35 bits per heavy atom. The number of nitrogen functional groups attached to an aromatic ring is 1. The minimum absolute atomic E-state index is 0.101. The minimum Gasteiger partial charge on any atom is -0.490 e. The molecule has 0 radical (unpaired) electrons. The van der Waals surface area contributed by atoms with E-state index in [-0.39, 0.29) is 23.6 Å². The molecule has 0 saturated heterocycles. The zero-order valence-corrected chi connectivity index (χ0v) is 16.6. The molecule has 0 aliphatic heterocycles. The molecule has 0 atom stereocenters. The topological polar surface area (TPSA) is 109 Å². The van der Waals surface area contributed by atoms with Crippen LogP contribution in [0.2, 0.25) is 0 Å². The molecular formula is C18H31N5O3. The van der Waals surface area contributed by atoms with Crippen molar-refractivity contribution in [2.75, 3.05) is 25.9 Å². The number of fused-ring (bicyclic) bond motifs is 1. The Kier molecular flexibility index (Phi) is 5.67. The largest absolute Gasteiger partial charge is 0.490 e. The van der Waals surface area contributed by atoms with Crippen molar-refractivity contribution in [3.63, 3.8) is 0 Å². The highest BCUT2D eigenvalue weighted by atomic mass is 16.5. The molecule has 0 amide bonds. The maximum atomic E-state index is 12.3. The molecule has 2 rings (SSSR count). The number of aromatic nitrogens is 3. The number of nitrogens with one attached hydrogen (secondary N) is 1. The van der Waals surface area contributed by atoms with E-state index in [9.17, 15) is 9.90 Å². The van der Waals surface area contributed by atoms with E-state index in [1.165, 1.54) is 10.8 Å². The van der Waals surface area contributed by atoms with Crippen molar-refractivity contribution in [3.8, 4) is 5.75 Å².